The molecule has 0 unspecified atom stereocenters. The highest BCUT2D eigenvalue weighted by Crippen LogP contribution is 2.18. The summed E-state index contributed by atoms with van der Waals surface area (Å²) < 4.78 is 26.6. The first kappa shape index (κ1) is 13.8. The largest absolute Gasteiger partial charge is 0.326 e. The number of rotatable bonds is 4. The molecule has 2 aromatic rings. The summed E-state index contributed by atoms with van der Waals surface area (Å²) in [6.45, 7) is 0.314. The highest BCUT2D eigenvalue weighted by Gasteiger charge is 2.15. The van der Waals surface area contributed by atoms with Crippen LogP contribution in [0.4, 0.5) is 5.82 Å². The fraction of sp³-hybridized carbons (Fsp3) is 0.0833. The van der Waals surface area contributed by atoms with Crippen LogP contribution in [0.5, 0.6) is 0 Å². The third-order valence-corrected chi connectivity index (χ3v) is 3.99. The molecule has 0 radical (unpaired) electrons. The van der Waals surface area contributed by atoms with Crippen LogP contribution in [0, 0.1) is 0 Å². The van der Waals surface area contributed by atoms with Crippen molar-refractivity contribution in [1.29, 1.82) is 0 Å². The van der Waals surface area contributed by atoms with E-state index in [1.54, 1.807) is 24.3 Å². The van der Waals surface area contributed by atoms with Gasteiger partial charge in [0.15, 0.2) is 0 Å². The van der Waals surface area contributed by atoms with Gasteiger partial charge < -0.3 is 5.73 Å². The zero-order chi connectivity index (χ0) is 13.9. The molecule has 1 aromatic heterocycles. The molecule has 2 rings (SSSR count). The molecule has 0 bridgehead atoms. The van der Waals surface area contributed by atoms with Crippen LogP contribution >= 0.6 is 11.6 Å². The fourth-order valence-electron chi connectivity index (χ4n) is 1.49. The van der Waals surface area contributed by atoms with E-state index in [0.29, 0.717) is 11.6 Å². The molecule has 3 N–H and O–H groups in total. The van der Waals surface area contributed by atoms with E-state index in [1.807, 2.05) is 0 Å². The third kappa shape index (κ3) is 3.44. The zero-order valence-corrected chi connectivity index (χ0v) is 11.4. The van der Waals surface area contributed by atoms with Gasteiger partial charge in [0.25, 0.3) is 10.0 Å². The summed E-state index contributed by atoms with van der Waals surface area (Å²) >= 11 is 5.78. The van der Waals surface area contributed by atoms with Crippen molar-refractivity contribution in [2.75, 3.05) is 4.72 Å². The number of sulfonamides is 1. The van der Waals surface area contributed by atoms with Gasteiger partial charge in [-0.15, -0.1) is 0 Å². The molecular weight excluding hydrogens is 286 g/mol. The van der Waals surface area contributed by atoms with Gasteiger partial charge in [-0.3, -0.25) is 4.72 Å². The molecule has 0 aliphatic heterocycles. The molecule has 0 amide bonds. The lowest BCUT2D eigenvalue weighted by Crippen LogP contribution is -2.14. The van der Waals surface area contributed by atoms with Crippen LogP contribution in [-0.4, -0.2) is 13.4 Å². The maximum Gasteiger partial charge on any atom is 0.263 e. The molecule has 0 saturated heterocycles. The van der Waals surface area contributed by atoms with E-state index in [-0.39, 0.29) is 10.7 Å². The Kier molecular flexibility index (Phi) is 4.04. The number of benzene rings is 1. The first-order valence-corrected chi connectivity index (χ1v) is 7.31. The molecule has 1 heterocycles. The van der Waals surface area contributed by atoms with E-state index in [1.165, 1.54) is 18.3 Å². The number of hydrogen-bond acceptors (Lipinski definition) is 4. The number of nitrogens with zero attached hydrogens (tertiary/aromatic N) is 1. The first-order valence-electron chi connectivity index (χ1n) is 5.44. The molecule has 0 saturated carbocycles. The van der Waals surface area contributed by atoms with Crippen molar-refractivity contribution in [2.45, 2.75) is 11.4 Å². The van der Waals surface area contributed by atoms with Gasteiger partial charge >= 0.3 is 0 Å². The Balaban J connectivity index is 2.31. The van der Waals surface area contributed by atoms with Gasteiger partial charge in [-0.1, -0.05) is 17.7 Å². The Bertz CT molecular complexity index is 689. The quantitative estimate of drug-likeness (QED) is 0.904. The molecule has 7 heteroatoms. The summed E-state index contributed by atoms with van der Waals surface area (Å²) in [6, 6.07) is 9.31. The topological polar surface area (TPSA) is 85.1 Å². The smallest absolute Gasteiger partial charge is 0.263 e. The molecule has 0 atom stereocenters. The van der Waals surface area contributed by atoms with E-state index < -0.39 is 10.0 Å². The van der Waals surface area contributed by atoms with Gasteiger partial charge in [0.2, 0.25) is 0 Å². The minimum atomic E-state index is -3.70. The molecule has 5 nitrogen and oxygen atoms in total. The van der Waals surface area contributed by atoms with Crippen molar-refractivity contribution in [3.05, 3.63) is 53.2 Å². The average Bonchev–Trinajstić information content (AvgIpc) is 2.38. The summed E-state index contributed by atoms with van der Waals surface area (Å²) in [4.78, 5) is 4.02. The number of halogens is 1. The Hall–Kier alpha value is -1.63. The fourth-order valence-corrected chi connectivity index (χ4v) is 2.79. The molecule has 0 aliphatic rings. The summed E-state index contributed by atoms with van der Waals surface area (Å²) in [7, 11) is -3.70. The molecule has 0 fully saturated rings. The maximum atomic E-state index is 12.1. The number of pyridine rings is 1. The van der Waals surface area contributed by atoms with Crippen LogP contribution in [0.2, 0.25) is 5.02 Å². The predicted molar refractivity (Wildman–Crippen MR) is 74.4 cm³/mol. The van der Waals surface area contributed by atoms with Crippen molar-refractivity contribution in [3.63, 3.8) is 0 Å². The van der Waals surface area contributed by atoms with E-state index in [2.05, 4.69) is 9.71 Å². The standard InChI is InChI=1S/C12H12ClN3O2S/c13-10-2-1-3-11(7-10)19(17,18)16-12-6-9(8-14)4-5-15-12/h1-7H,8,14H2,(H,15,16). The van der Waals surface area contributed by atoms with Gasteiger partial charge in [-0.2, -0.15) is 0 Å². The minimum absolute atomic E-state index is 0.0833. The summed E-state index contributed by atoms with van der Waals surface area (Å²) in [6.07, 6.45) is 1.50. The number of nitrogens with one attached hydrogen (secondary N) is 1. The van der Waals surface area contributed by atoms with Gasteiger partial charge in [-0.25, -0.2) is 13.4 Å². The second-order valence-corrected chi connectivity index (χ2v) is 5.94. The number of nitrogens with two attached hydrogens (primary N) is 1. The number of hydrogen-bond donors (Lipinski definition) is 2. The van der Waals surface area contributed by atoms with Crippen LogP contribution < -0.4 is 10.5 Å². The predicted octanol–water partition coefficient (Wildman–Crippen LogP) is 1.99. The van der Waals surface area contributed by atoms with Crippen LogP contribution in [0.25, 0.3) is 0 Å². The molecule has 0 spiro atoms. The summed E-state index contributed by atoms with van der Waals surface area (Å²) in [5.74, 6) is 0.225. The van der Waals surface area contributed by atoms with Crippen LogP contribution in [-0.2, 0) is 16.6 Å². The highest BCUT2D eigenvalue weighted by molar-refractivity contribution is 7.92. The zero-order valence-electron chi connectivity index (χ0n) is 9.88. The molecular formula is C12H12ClN3O2S. The molecule has 19 heavy (non-hydrogen) atoms. The average molecular weight is 298 g/mol. The Morgan fingerprint density at radius 3 is 2.74 bits per heavy atom. The monoisotopic (exact) mass is 297 g/mol. The summed E-state index contributed by atoms with van der Waals surface area (Å²) in [5, 5.41) is 0.353. The summed E-state index contributed by atoms with van der Waals surface area (Å²) in [5.41, 5.74) is 6.28. The number of aromatic nitrogens is 1. The second-order valence-electron chi connectivity index (χ2n) is 3.82. The van der Waals surface area contributed by atoms with Crippen LogP contribution in [0.3, 0.4) is 0 Å². The molecule has 100 valence electrons. The van der Waals surface area contributed by atoms with Crippen molar-refractivity contribution < 1.29 is 8.42 Å². The lowest BCUT2D eigenvalue weighted by molar-refractivity contribution is 0.601. The van der Waals surface area contributed by atoms with Crippen molar-refractivity contribution in [1.82, 2.24) is 4.98 Å². The van der Waals surface area contributed by atoms with E-state index in [4.69, 9.17) is 17.3 Å². The van der Waals surface area contributed by atoms with Crippen molar-refractivity contribution >= 4 is 27.4 Å². The third-order valence-electron chi connectivity index (χ3n) is 2.41. The highest BCUT2D eigenvalue weighted by atomic mass is 35.5. The van der Waals surface area contributed by atoms with Crippen LogP contribution in [0.1, 0.15) is 5.56 Å². The second kappa shape index (κ2) is 5.56. The Morgan fingerprint density at radius 2 is 2.05 bits per heavy atom. The van der Waals surface area contributed by atoms with E-state index >= 15 is 0 Å². The molecule has 1 aromatic carbocycles. The lowest BCUT2D eigenvalue weighted by atomic mass is 10.3. The Morgan fingerprint density at radius 1 is 1.26 bits per heavy atom. The minimum Gasteiger partial charge on any atom is -0.326 e. The van der Waals surface area contributed by atoms with Crippen LogP contribution in [0.15, 0.2) is 47.5 Å². The maximum absolute atomic E-state index is 12.1. The van der Waals surface area contributed by atoms with E-state index in [9.17, 15) is 8.42 Å². The van der Waals surface area contributed by atoms with Crippen molar-refractivity contribution in [3.8, 4) is 0 Å². The first-order chi connectivity index (χ1) is 9.01. The normalized spacial score (nSPS) is 11.3. The van der Waals surface area contributed by atoms with Gasteiger partial charge in [-0.05, 0) is 35.9 Å². The van der Waals surface area contributed by atoms with Gasteiger partial charge in [0, 0.05) is 17.8 Å². The number of anilines is 1. The SMILES string of the molecule is NCc1ccnc(NS(=O)(=O)c2cccc(Cl)c2)c1. The van der Waals surface area contributed by atoms with Gasteiger partial charge in [0.1, 0.15) is 5.82 Å². The lowest BCUT2D eigenvalue weighted by Gasteiger charge is -2.08. The van der Waals surface area contributed by atoms with Crippen molar-refractivity contribution in [2.24, 2.45) is 5.73 Å². The molecule has 0 aliphatic carbocycles. The Labute approximate surface area is 116 Å². The van der Waals surface area contributed by atoms with E-state index in [0.717, 1.165) is 5.56 Å². The van der Waals surface area contributed by atoms with Gasteiger partial charge in [0.05, 0.1) is 4.90 Å².